The molecule has 0 saturated carbocycles. The number of carbonyl (C=O) groups excluding carboxylic acids is 1. The second kappa shape index (κ2) is 7.68. The maximum atomic E-state index is 13.0. The average Bonchev–Trinajstić information content (AvgIpc) is 3.08. The fraction of sp³-hybridized carbons (Fsp3) is 0.227. The zero-order chi connectivity index (χ0) is 19.5. The van der Waals surface area contributed by atoms with Crippen LogP contribution in [0, 0.1) is 0 Å². The van der Waals surface area contributed by atoms with E-state index in [1.807, 2.05) is 47.4 Å². The highest BCUT2D eigenvalue weighted by atomic mass is 16.5. The van der Waals surface area contributed by atoms with Gasteiger partial charge in [0.25, 0.3) is 5.91 Å². The van der Waals surface area contributed by atoms with E-state index in [1.165, 1.54) is 5.56 Å². The highest BCUT2D eigenvalue weighted by molar-refractivity contribution is 6.06. The molecule has 0 spiro atoms. The molecule has 1 aliphatic rings. The van der Waals surface area contributed by atoms with Crippen LogP contribution in [0.15, 0.2) is 60.7 Å². The van der Waals surface area contributed by atoms with E-state index < -0.39 is 0 Å². The molecule has 0 bridgehead atoms. The van der Waals surface area contributed by atoms with Gasteiger partial charge in [-0.1, -0.05) is 30.3 Å². The van der Waals surface area contributed by atoms with Crippen molar-refractivity contribution in [2.45, 2.75) is 25.9 Å². The van der Waals surface area contributed by atoms with Crippen LogP contribution in [-0.4, -0.2) is 29.3 Å². The van der Waals surface area contributed by atoms with Gasteiger partial charge in [-0.25, -0.2) is 0 Å². The number of nitrogens with zero attached hydrogens (tertiary/aromatic N) is 3. The van der Waals surface area contributed by atoms with Gasteiger partial charge in [0.1, 0.15) is 11.6 Å². The Kier molecular flexibility index (Phi) is 4.93. The van der Waals surface area contributed by atoms with Crippen LogP contribution in [0.2, 0.25) is 0 Å². The molecule has 1 amide bonds. The zero-order valence-electron chi connectivity index (χ0n) is 15.9. The third-order valence-electron chi connectivity index (χ3n) is 4.94. The van der Waals surface area contributed by atoms with E-state index in [9.17, 15) is 4.79 Å². The average molecular weight is 374 g/mol. The SMILES string of the molecule is COc1ccc(CNc2ccc(C(=O)N3c4ccccc4CC3C)nn2)cc1. The molecule has 3 aromatic rings. The van der Waals surface area contributed by atoms with E-state index in [1.54, 1.807) is 19.2 Å². The van der Waals surface area contributed by atoms with Crippen molar-refractivity contribution in [3.05, 3.63) is 77.5 Å². The Bertz CT molecular complexity index is 971. The number of aromatic nitrogens is 2. The van der Waals surface area contributed by atoms with Crippen molar-refractivity contribution < 1.29 is 9.53 Å². The highest BCUT2D eigenvalue weighted by Gasteiger charge is 2.31. The predicted octanol–water partition coefficient (Wildman–Crippen LogP) is 3.69. The third kappa shape index (κ3) is 3.53. The number of anilines is 2. The Morgan fingerprint density at radius 2 is 1.89 bits per heavy atom. The molecule has 28 heavy (non-hydrogen) atoms. The summed E-state index contributed by atoms with van der Waals surface area (Å²) in [7, 11) is 1.65. The van der Waals surface area contributed by atoms with Crippen LogP contribution in [0.4, 0.5) is 11.5 Å². The van der Waals surface area contributed by atoms with E-state index in [0.717, 1.165) is 23.4 Å². The minimum Gasteiger partial charge on any atom is -0.497 e. The summed E-state index contributed by atoms with van der Waals surface area (Å²) in [5, 5.41) is 11.5. The molecule has 1 atom stereocenters. The van der Waals surface area contributed by atoms with Gasteiger partial charge in [-0.2, -0.15) is 0 Å². The van der Waals surface area contributed by atoms with Crippen LogP contribution < -0.4 is 15.0 Å². The zero-order valence-corrected chi connectivity index (χ0v) is 15.9. The standard InChI is InChI=1S/C22H22N4O2/c1-15-13-17-5-3-4-6-20(17)26(15)22(27)19-11-12-21(25-24-19)23-14-16-7-9-18(28-2)10-8-16/h3-12,15H,13-14H2,1-2H3,(H,23,25). The summed E-state index contributed by atoms with van der Waals surface area (Å²) in [4.78, 5) is 14.8. The number of benzene rings is 2. The number of amides is 1. The van der Waals surface area contributed by atoms with Gasteiger partial charge in [-0.3, -0.25) is 4.79 Å². The van der Waals surface area contributed by atoms with Gasteiger partial charge in [0, 0.05) is 18.3 Å². The molecule has 1 unspecified atom stereocenters. The van der Waals surface area contributed by atoms with Crippen LogP contribution in [-0.2, 0) is 13.0 Å². The lowest BCUT2D eigenvalue weighted by Crippen LogP contribution is -2.36. The van der Waals surface area contributed by atoms with Crippen molar-refractivity contribution in [2.75, 3.05) is 17.3 Å². The number of hydrogen-bond acceptors (Lipinski definition) is 5. The molecule has 4 rings (SSSR count). The van der Waals surface area contributed by atoms with E-state index in [-0.39, 0.29) is 11.9 Å². The first-order chi connectivity index (χ1) is 13.7. The molecule has 142 valence electrons. The van der Waals surface area contributed by atoms with Crippen molar-refractivity contribution in [1.29, 1.82) is 0 Å². The summed E-state index contributed by atoms with van der Waals surface area (Å²) in [6, 6.07) is 19.4. The van der Waals surface area contributed by atoms with E-state index >= 15 is 0 Å². The fourth-order valence-electron chi connectivity index (χ4n) is 3.48. The Morgan fingerprint density at radius 3 is 2.61 bits per heavy atom. The van der Waals surface area contributed by atoms with Crippen molar-refractivity contribution in [1.82, 2.24) is 10.2 Å². The summed E-state index contributed by atoms with van der Waals surface area (Å²) in [5.41, 5.74) is 3.60. The van der Waals surface area contributed by atoms with Crippen molar-refractivity contribution in [3.8, 4) is 5.75 Å². The molecule has 1 N–H and O–H groups in total. The van der Waals surface area contributed by atoms with Gasteiger partial charge in [0.2, 0.25) is 0 Å². The lowest BCUT2D eigenvalue weighted by atomic mass is 10.1. The summed E-state index contributed by atoms with van der Waals surface area (Å²) < 4.78 is 5.16. The molecule has 0 saturated heterocycles. The quantitative estimate of drug-likeness (QED) is 0.738. The number of nitrogens with one attached hydrogen (secondary N) is 1. The largest absolute Gasteiger partial charge is 0.497 e. The molecular formula is C22H22N4O2. The molecule has 1 aliphatic heterocycles. The predicted molar refractivity (Wildman–Crippen MR) is 109 cm³/mol. The Morgan fingerprint density at radius 1 is 1.11 bits per heavy atom. The first-order valence-electron chi connectivity index (χ1n) is 9.27. The summed E-state index contributed by atoms with van der Waals surface area (Å²) >= 11 is 0. The Labute approximate surface area is 164 Å². The van der Waals surface area contributed by atoms with Crippen LogP contribution in [0.1, 0.15) is 28.5 Å². The molecule has 1 aromatic heterocycles. The smallest absolute Gasteiger partial charge is 0.279 e. The Balaban J connectivity index is 1.43. The van der Waals surface area contributed by atoms with Crippen LogP contribution in [0.5, 0.6) is 5.75 Å². The third-order valence-corrected chi connectivity index (χ3v) is 4.94. The van der Waals surface area contributed by atoms with Gasteiger partial charge >= 0.3 is 0 Å². The van der Waals surface area contributed by atoms with Gasteiger partial charge in [-0.15, -0.1) is 10.2 Å². The van der Waals surface area contributed by atoms with Crippen molar-refractivity contribution >= 4 is 17.4 Å². The molecule has 2 heterocycles. The van der Waals surface area contributed by atoms with Gasteiger partial charge in [0.15, 0.2) is 5.69 Å². The van der Waals surface area contributed by atoms with E-state index in [0.29, 0.717) is 18.1 Å². The molecule has 6 nitrogen and oxygen atoms in total. The minimum absolute atomic E-state index is 0.111. The summed E-state index contributed by atoms with van der Waals surface area (Å²) in [5.74, 6) is 1.33. The molecular weight excluding hydrogens is 352 g/mol. The number of para-hydroxylation sites is 1. The van der Waals surface area contributed by atoms with Crippen molar-refractivity contribution in [2.24, 2.45) is 0 Å². The van der Waals surface area contributed by atoms with Crippen LogP contribution in [0.25, 0.3) is 0 Å². The van der Waals surface area contributed by atoms with Gasteiger partial charge in [-0.05, 0) is 54.8 Å². The molecule has 0 fully saturated rings. The maximum absolute atomic E-state index is 13.0. The second-order valence-electron chi connectivity index (χ2n) is 6.86. The highest BCUT2D eigenvalue weighted by Crippen LogP contribution is 2.32. The molecule has 0 aliphatic carbocycles. The molecule has 0 radical (unpaired) electrons. The van der Waals surface area contributed by atoms with Crippen LogP contribution >= 0.6 is 0 Å². The molecule has 2 aromatic carbocycles. The minimum atomic E-state index is -0.119. The second-order valence-corrected chi connectivity index (χ2v) is 6.86. The summed E-state index contributed by atoms with van der Waals surface area (Å²) in [6.07, 6.45) is 0.858. The monoisotopic (exact) mass is 374 g/mol. The topological polar surface area (TPSA) is 67.3 Å². The lowest BCUT2D eigenvalue weighted by molar-refractivity contribution is 0.0975. The van der Waals surface area contributed by atoms with Gasteiger partial charge in [0.05, 0.1) is 7.11 Å². The number of rotatable bonds is 5. The first kappa shape index (κ1) is 18.0. The number of carbonyl (C=O) groups is 1. The first-order valence-corrected chi connectivity index (χ1v) is 9.27. The van der Waals surface area contributed by atoms with Gasteiger partial charge < -0.3 is 15.0 Å². The maximum Gasteiger partial charge on any atom is 0.279 e. The molecule has 6 heteroatoms. The number of fused-ring (bicyclic) bond motifs is 1. The van der Waals surface area contributed by atoms with Crippen LogP contribution in [0.3, 0.4) is 0 Å². The fourth-order valence-corrected chi connectivity index (χ4v) is 3.48. The number of ether oxygens (including phenoxy) is 1. The van der Waals surface area contributed by atoms with E-state index in [4.69, 9.17) is 4.74 Å². The normalized spacial score (nSPS) is 15.2. The number of hydrogen-bond donors (Lipinski definition) is 1. The summed E-state index contributed by atoms with van der Waals surface area (Å²) in [6.45, 7) is 2.67. The van der Waals surface area contributed by atoms with E-state index in [2.05, 4.69) is 28.5 Å². The van der Waals surface area contributed by atoms with Crippen molar-refractivity contribution in [3.63, 3.8) is 0 Å². The number of methoxy groups -OCH3 is 1. The Hall–Kier alpha value is -3.41. The lowest BCUT2D eigenvalue weighted by Gasteiger charge is -2.22.